The molecule has 2 aromatic rings. The van der Waals surface area contributed by atoms with Crippen LogP contribution in [-0.2, 0) is 24.5 Å². The van der Waals surface area contributed by atoms with Crippen LogP contribution in [0.15, 0.2) is 42.5 Å². The van der Waals surface area contributed by atoms with E-state index in [-0.39, 0.29) is 12.6 Å². The summed E-state index contributed by atoms with van der Waals surface area (Å²) in [5, 5.41) is 12.7. The van der Waals surface area contributed by atoms with Crippen molar-refractivity contribution in [2.75, 3.05) is 18.5 Å². The molecular weight excluding hydrogens is 340 g/mol. The zero-order valence-electron chi connectivity index (χ0n) is 13.9. The van der Waals surface area contributed by atoms with E-state index in [2.05, 4.69) is 5.32 Å². The molecule has 1 heterocycles. The van der Waals surface area contributed by atoms with E-state index in [1.165, 1.54) is 0 Å². The van der Waals surface area contributed by atoms with Gasteiger partial charge in [0.1, 0.15) is 0 Å². The number of aliphatic hydroxyl groups excluding tert-OH is 1. The van der Waals surface area contributed by atoms with Gasteiger partial charge in [-0.2, -0.15) is 0 Å². The summed E-state index contributed by atoms with van der Waals surface area (Å²) < 4.78 is 5.40. The van der Waals surface area contributed by atoms with Gasteiger partial charge >= 0.3 is 6.03 Å². The Labute approximate surface area is 152 Å². The second-order valence-corrected chi connectivity index (χ2v) is 6.47. The highest BCUT2D eigenvalue weighted by molar-refractivity contribution is 6.30. The van der Waals surface area contributed by atoms with Gasteiger partial charge in [-0.05, 0) is 47.4 Å². The van der Waals surface area contributed by atoms with Crippen LogP contribution in [0.1, 0.15) is 23.1 Å². The smallest absolute Gasteiger partial charge is 0.322 e. The lowest BCUT2D eigenvalue weighted by Gasteiger charge is -2.23. The van der Waals surface area contributed by atoms with Crippen molar-refractivity contribution in [2.45, 2.75) is 26.2 Å². The number of hydrogen-bond donors (Lipinski definition) is 2. The maximum atomic E-state index is 12.7. The number of amides is 2. The van der Waals surface area contributed by atoms with Crippen molar-refractivity contribution in [3.63, 3.8) is 0 Å². The number of anilines is 1. The normalized spacial score (nSPS) is 12.7. The average molecular weight is 361 g/mol. The number of carbonyl (C=O) groups is 1. The molecule has 25 heavy (non-hydrogen) atoms. The fraction of sp³-hybridized carbons (Fsp3) is 0.316. The number of carbonyl (C=O) groups excluding carboxylic acids is 1. The molecule has 132 valence electrons. The quantitative estimate of drug-likeness (QED) is 0.824. The summed E-state index contributed by atoms with van der Waals surface area (Å²) in [5.74, 6) is 0. The maximum absolute atomic E-state index is 12.7. The topological polar surface area (TPSA) is 61.8 Å². The molecule has 0 fully saturated rings. The Bertz CT molecular complexity index is 734. The van der Waals surface area contributed by atoms with Crippen molar-refractivity contribution < 1.29 is 14.6 Å². The predicted octanol–water partition coefficient (Wildman–Crippen LogP) is 3.79. The Kier molecular flexibility index (Phi) is 5.91. The van der Waals surface area contributed by atoms with Gasteiger partial charge in [-0.1, -0.05) is 29.8 Å². The Hall–Kier alpha value is -2.08. The lowest BCUT2D eigenvalue weighted by atomic mass is 10.1. The molecule has 0 unspecified atom stereocenters. The Morgan fingerprint density at radius 3 is 2.68 bits per heavy atom. The van der Waals surface area contributed by atoms with Gasteiger partial charge in [-0.25, -0.2) is 4.79 Å². The summed E-state index contributed by atoms with van der Waals surface area (Å²) in [7, 11) is 0. The van der Waals surface area contributed by atoms with Crippen molar-refractivity contribution in [2.24, 2.45) is 0 Å². The highest BCUT2D eigenvalue weighted by atomic mass is 35.5. The molecule has 0 spiro atoms. The molecule has 0 aromatic heterocycles. The number of halogens is 1. The average Bonchev–Trinajstić information content (AvgIpc) is 3.08. The molecular formula is C19H21ClN2O3. The SMILES string of the molecule is O=C(Nc1ccc2c(c1)COC2)N(CCCO)Cc1ccc(Cl)cc1. The molecule has 0 saturated heterocycles. The number of hydrogen-bond acceptors (Lipinski definition) is 3. The first kappa shape index (κ1) is 17.7. The lowest BCUT2D eigenvalue weighted by Crippen LogP contribution is -2.35. The minimum atomic E-state index is -0.192. The number of benzene rings is 2. The number of urea groups is 1. The van der Waals surface area contributed by atoms with E-state index in [0.717, 1.165) is 22.4 Å². The third kappa shape index (κ3) is 4.72. The monoisotopic (exact) mass is 360 g/mol. The van der Waals surface area contributed by atoms with Crippen molar-refractivity contribution in [1.29, 1.82) is 0 Å². The van der Waals surface area contributed by atoms with E-state index >= 15 is 0 Å². The second kappa shape index (κ2) is 8.34. The minimum absolute atomic E-state index is 0.0422. The van der Waals surface area contributed by atoms with Crippen LogP contribution in [0.3, 0.4) is 0 Å². The van der Waals surface area contributed by atoms with E-state index < -0.39 is 0 Å². The molecule has 3 rings (SSSR count). The van der Waals surface area contributed by atoms with Gasteiger partial charge in [0.2, 0.25) is 0 Å². The standard InChI is InChI=1S/C19H21ClN2O3/c20-17-5-2-14(3-6-17)11-22(8-1-9-23)19(24)21-18-7-4-15-12-25-13-16(15)10-18/h2-7,10,23H,1,8-9,11-13H2,(H,21,24). The zero-order valence-corrected chi connectivity index (χ0v) is 14.6. The fourth-order valence-electron chi connectivity index (χ4n) is 2.78. The number of rotatable bonds is 6. The van der Waals surface area contributed by atoms with E-state index in [4.69, 9.17) is 21.4 Å². The summed E-state index contributed by atoms with van der Waals surface area (Å²) in [6.07, 6.45) is 0.527. The molecule has 0 saturated carbocycles. The number of ether oxygens (including phenoxy) is 1. The summed E-state index contributed by atoms with van der Waals surface area (Å²) >= 11 is 5.91. The van der Waals surface area contributed by atoms with Crippen molar-refractivity contribution in [3.8, 4) is 0 Å². The first-order valence-electron chi connectivity index (χ1n) is 8.26. The second-order valence-electron chi connectivity index (χ2n) is 6.03. The van der Waals surface area contributed by atoms with Gasteiger partial charge < -0.3 is 20.1 Å². The zero-order chi connectivity index (χ0) is 17.6. The molecule has 6 heteroatoms. The molecule has 0 aliphatic carbocycles. The van der Waals surface area contributed by atoms with Gasteiger partial charge in [0.25, 0.3) is 0 Å². The van der Waals surface area contributed by atoms with Crippen molar-refractivity contribution >= 4 is 23.3 Å². The fourth-order valence-corrected chi connectivity index (χ4v) is 2.90. The molecule has 2 N–H and O–H groups in total. The van der Waals surface area contributed by atoms with Crippen molar-refractivity contribution in [3.05, 3.63) is 64.2 Å². The molecule has 0 atom stereocenters. The van der Waals surface area contributed by atoms with Gasteiger partial charge in [0.05, 0.1) is 13.2 Å². The van der Waals surface area contributed by atoms with Crippen LogP contribution in [0.4, 0.5) is 10.5 Å². The van der Waals surface area contributed by atoms with E-state index in [9.17, 15) is 4.79 Å². The highest BCUT2D eigenvalue weighted by Crippen LogP contribution is 2.23. The molecule has 2 amide bonds. The van der Waals surface area contributed by atoms with Crippen LogP contribution in [0.5, 0.6) is 0 Å². The van der Waals surface area contributed by atoms with Gasteiger partial charge in [-0.15, -0.1) is 0 Å². The molecule has 1 aliphatic heterocycles. The van der Waals surface area contributed by atoms with Crippen LogP contribution in [-0.4, -0.2) is 29.2 Å². The summed E-state index contributed by atoms with van der Waals surface area (Å²) in [6.45, 7) is 2.18. The number of nitrogens with zero attached hydrogens (tertiary/aromatic N) is 1. The largest absolute Gasteiger partial charge is 0.396 e. The predicted molar refractivity (Wildman–Crippen MR) is 97.5 cm³/mol. The first-order valence-corrected chi connectivity index (χ1v) is 8.64. The van der Waals surface area contributed by atoms with Crippen LogP contribution in [0.2, 0.25) is 5.02 Å². The van der Waals surface area contributed by atoms with Gasteiger partial charge in [0, 0.05) is 30.4 Å². The molecule has 2 aromatic carbocycles. The first-order chi connectivity index (χ1) is 12.2. The number of aliphatic hydroxyl groups is 1. The van der Waals surface area contributed by atoms with E-state index in [1.54, 1.807) is 17.0 Å². The summed E-state index contributed by atoms with van der Waals surface area (Å²) in [5.41, 5.74) is 4.01. The summed E-state index contributed by atoms with van der Waals surface area (Å²) in [6, 6.07) is 13.0. The summed E-state index contributed by atoms with van der Waals surface area (Å²) in [4.78, 5) is 14.3. The third-order valence-corrected chi connectivity index (χ3v) is 4.38. The van der Waals surface area contributed by atoms with Gasteiger partial charge in [0.15, 0.2) is 0 Å². The Morgan fingerprint density at radius 1 is 1.16 bits per heavy atom. The highest BCUT2D eigenvalue weighted by Gasteiger charge is 2.16. The van der Waals surface area contributed by atoms with E-state index in [1.807, 2.05) is 30.3 Å². The Morgan fingerprint density at radius 2 is 1.92 bits per heavy atom. The number of fused-ring (bicyclic) bond motifs is 1. The Balaban J connectivity index is 1.69. The minimum Gasteiger partial charge on any atom is -0.396 e. The van der Waals surface area contributed by atoms with Crippen molar-refractivity contribution in [1.82, 2.24) is 4.90 Å². The van der Waals surface area contributed by atoms with Crippen LogP contribution in [0.25, 0.3) is 0 Å². The molecule has 5 nitrogen and oxygen atoms in total. The molecule has 0 radical (unpaired) electrons. The van der Waals surface area contributed by atoms with Crippen LogP contribution < -0.4 is 5.32 Å². The van der Waals surface area contributed by atoms with E-state index in [0.29, 0.717) is 37.7 Å². The molecule has 1 aliphatic rings. The van der Waals surface area contributed by atoms with Gasteiger partial charge in [-0.3, -0.25) is 0 Å². The molecule has 0 bridgehead atoms. The lowest BCUT2D eigenvalue weighted by molar-refractivity contribution is 0.134. The third-order valence-electron chi connectivity index (χ3n) is 4.13. The number of nitrogens with one attached hydrogen (secondary N) is 1. The van der Waals surface area contributed by atoms with Crippen LogP contribution >= 0.6 is 11.6 Å². The maximum Gasteiger partial charge on any atom is 0.322 e. The van der Waals surface area contributed by atoms with Crippen LogP contribution in [0, 0.1) is 0 Å².